The van der Waals surface area contributed by atoms with Crippen LogP contribution in [0.25, 0.3) is 0 Å². The molecule has 0 spiro atoms. The van der Waals surface area contributed by atoms with Gasteiger partial charge in [-0.3, -0.25) is 9.69 Å². The summed E-state index contributed by atoms with van der Waals surface area (Å²) in [6.45, 7) is 12.6. The number of nitrogens with one attached hydrogen (secondary N) is 1. The van der Waals surface area contributed by atoms with Gasteiger partial charge in [-0.1, -0.05) is 32.9 Å². The second-order valence-electron chi connectivity index (χ2n) is 7.58. The van der Waals surface area contributed by atoms with Crippen LogP contribution < -0.4 is 5.32 Å². The maximum Gasteiger partial charge on any atom is 0.234 e. The molecule has 4 nitrogen and oxygen atoms in total. The fraction of sp³-hybridized carbons (Fsp3) is 0.600. The van der Waals surface area contributed by atoms with E-state index < -0.39 is 0 Å². The fourth-order valence-corrected chi connectivity index (χ4v) is 2.77. The molecular weight excluding hydrogens is 298 g/mol. The van der Waals surface area contributed by atoms with Gasteiger partial charge in [-0.05, 0) is 55.0 Å². The van der Waals surface area contributed by atoms with Crippen molar-refractivity contribution in [3.8, 4) is 6.07 Å². The number of carbonyl (C=O) groups is 1. The van der Waals surface area contributed by atoms with Crippen molar-refractivity contribution in [2.75, 3.05) is 26.7 Å². The Labute approximate surface area is 146 Å². The van der Waals surface area contributed by atoms with Gasteiger partial charge in [0.1, 0.15) is 0 Å². The van der Waals surface area contributed by atoms with E-state index in [-0.39, 0.29) is 11.3 Å². The highest BCUT2D eigenvalue weighted by Gasteiger charge is 2.16. The first kappa shape index (κ1) is 20.2. The molecule has 0 aliphatic heterocycles. The van der Waals surface area contributed by atoms with Gasteiger partial charge < -0.3 is 5.32 Å². The molecule has 0 aromatic heterocycles. The highest BCUT2D eigenvalue weighted by Crippen LogP contribution is 2.27. The van der Waals surface area contributed by atoms with Crippen LogP contribution in [0.3, 0.4) is 0 Å². The Balaban J connectivity index is 2.57. The number of nitrogens with zero attached hydrogens (tertiary/aromatic N) is 2. The van der Waals surface area contributed by atoms with Gasteiger partial charge in [0.25, 0.3) is 0 Å². The lowest BCUT2D eigenvalue weighted by atomic mass is 9.83. The normalized spacial score (nSPS) is 11.4. The lowest BCUT2D eigenvalue weighted by molar-refractivity contribution is -0.121. The molecule has 0 heterocycles. The van der Waals surface area contributed by atoms with E-state index in [2.05, 4.69) is 58.1 Å². The molecule has 0 aliphatic rings. The summed E-state index contributed by atoms with van der Waals surface area (Å²) in [5, 5.41) is 11.5. The first-order valence-electron chi connectivity index (χ1n) is 8.58. The number of hydrogen-bond donors (Lipinski definition) is 1. The highest BCUT2D eigenvalue weighted by molar-refractivity contribution is 5.77. The Kier molecular flexibility index (Phi) is 7.44. The van der Waals surface area contributed by atoms with E-state index in [1.807, 2.05) is 11.9 Å². The minimum atomic E-state index is 0.0112. The molecule has 1 N–H and O–H groups in total. The van der Waals surface area contributed by atoms with Crippen LogP contribution in [0.2, 0.25) is 0 Å². The monoisotopic (exact) mass is 329 g/mol. The van der Waals surface area contributed by atoms with Gasteiger partial charge in [-0.25, -0.2) is 0 Å². The molecule has 0 saturated heterocycles. The van der Waals surface area contributed by atoms with E-state index in [1.54, 1.807) is 0 Å². The molecule has 1 aromatic rings. The van der Waals surface area contributed by atoms with Gasteiger partial charge in [0.2, 0.25) is 5.91 Å². The van der Waals surface area contributed by atoms with Gasteiger partial charge in [0.15, 0.2) is 0 Å². The number of rotatable bonds is 7. The molecule has 0 saturated carbocycles. The van der Waals surface area contributed by atoms with Crippen LogP contribution in [0.5, 0.6) is 0 Å². The van der Waals surface area contributed by atoms with Gasteiger partial charge in [-0.15, -0.1) is 0 Å². The second-order valence-corrected chi connectivity index (χ2v) is 7.58. The third-order valence-corrected chi connectivity index (χ3v) is 4.28. The first-order valence-corrected chi connectivity index (χ1v) is 8.58. The maximum atomic E-state index is 11.9. The van der Waals surface area contributed by atoms with Crippen molar-refractivity contribution in [2.45, 2.75) is 52.9 Å². The van der Waals surface area contributed by atoms with Crippen molar-refractivity contribution in [2.24, 2.45) is 0 Å². The van der Waals surface area contributed by atoms with E-state index >= 15 is 0 Å². The standard InChI is InChI=1S/C20H31N3O/c1-15-12-17(20(3,4)5)13-16(2)18(15)8-10-22-19(24)14-23(6)11-7-9-21/h12-13H,7-8,10-11,14H2,1-6H3,(H,22,24). The van der Waals surface area contributed by atoms with Crippen LogP contribution in [0.1, 0.15) is 49.4 Å². The van der Waals surface area contributed by atoms with Crippen LogP contribution in [-0.2, 0) is 16.6 Å². The predicted octanol–water partition coefficient (Wildman–Crippen LogP) is 3.11. The molecule has 24 heavy (non-hydrogen) atoms. The Bertz CT molecular complexity index is 585. The van der Waals surface area contributed by atoms with Crippen molar-refractivity contribution in [1.82, 2.24) is 10.2 Å². The van der Waals surface area contributed by atoms with Gasteiger partial charge in [0.05, 0.1) is 12.6 Å². The number of aryl methyl sites for hydroxylation is 2. The molecular formula is C20H31N3O. The molecule has 1 aromatic carbocycles. The molecule has 0 atom stereocenters. The SMILES string of the molecule is Cc1cc(C(C)(C)C)cc(C)c1CCNC(=O)CN(C)CCC#N. The summed E-state index contributed by atoms with van der Waals surface area (Å²) < 4.78 is 0. The Morgan fingerprint density at radius 3 is 2.33 bits per heavy atom. The minimum Gasteiger partial charge on any atom is -0.355 e. The number of amides is 1. The molecule has 132 valence electrons. The zero-order valence-corrected chi connectivity index (χ0v) is 16.0. The van der Waals surface area contributed by atoms with Gasteiger partial charge >= 0.3 is 0 Å². The van der Waals surface area contributed by atoms with Gasteiger partial charge in [-0.2, -0.15) is 5.26 Å². The molecule has 1 rings (SSSR count). The quantitative estimate of drug-likeness (QED) is 0.836. The number of nitriles is 1. The van der Waals surface area contributed by atoms with Crippen LogP contribution in [0.15, 0.2) is 12.1 Å². The fourth-order valence-electron chi connectivity index (χ4n) is 2.77. The minimum absolute atomic E-state index is 0.0112. The molecule has 0 unspecified atom stereocenters. The summed E-state index contributed by atoms with van der Waals surface area (Å²) >= 11 is 0. The Morgan fingerprint density at radius 2 is 1.83 bits per heavy atom. The number of hydrogen-bond acceptors (Lipinski definition) is 3. The van der Waals surface area contributed by atoms with E-state index in [1.165, 1.54) is 22.3 Å². The maximum absolute atomic E-state index is 11.9. The third kappa shape index (κ3) is 6.33. The lowest BCUT2D eigenvalue weighted by Gasteiger charge is -2.22. The molecule has 0 fully saturated rings. The predicted molar refractivity (Wildman–Crippen MR) is 99.1 cm³/mol. The van der Waals surface area contributed by atoms with Crippen molar-refractivity contribution in [1.29, 1.82) is 5.26 Å². The topological polar surface area (TPSA) is 56.1 Å². The Hall–Kier alpha value is -1.86. The second kappa shape index (κ2) is 8.84. The number of carbonyl (C=O) groups excluding carboxylic acids is 1. The third-order valence-electron chi connectivity index (χ3n) is 4.28. The van der Waals surface area contributed by atoms with Crippen molar-refractivity contribution in [3.63, 3.8) is 0 Å². The van der Waals surface area contributed by atoms with Gasteiger partial charge in [0, 0.05) is 19.5 Å². The summed E-state index contributed by atoms with van der Waals surface area (Å²) in [6.07, 6.45) is 1.29. The molecule has 0 aliphatic carbocycles. The van der Waals surface area contributed by atoms with Crippen LogP contribution in [0, 0.1) is 25.2 Å². The Morgan fingerprint density at radius 1 is 1.25 bits per heavy atom. The number of benzene rings is 1. The first-order chi connectivity index (χ1) is 11.1. The average molecular weight is 329 g/mol. The van der Waals surface area contributed by atoms with Crippen LogP contribution in [0.4, 0.5) is 0 Å². The molecule has 0 radical (unpaired) electrons. The summed E-state index contributed by atoms with van der Waals surface area (Å²) in [5.74, 6) is 0.0112. The van der Waals surface area contributed by atoms with E-state index in [9.17, 15) is 4.79 Å². The van der Waals surface area contributed by atoms with Crippen molar-refractivity contribution in [3.05, 3.63) is 34.4 Å². The van der Waals surface area contributed by atoms with Crippen LogP contribution in [-0.4, -0.2) is 37.5 Å². The summed E-state index contributed by atoms with van der Waals surface area (Å²) in [5.41, 5.74) is 5.40. The molecule has 1 amide bonds. The van der Waals surface area contributed by atoms with Crippen molar-refractivity contribution < 1.29 is 4.79 Å². The molecule has 0 bridgehead atoms. The summed E-state index contributed by atoms with van der Waals surface area (Å²) in [4.78, 5) is 13.8. The molecule has 4 heteroatoms. The van der Waals surface area contributed by atoms with Crippen molar-refractivity contribution >= 4 is 5.91 Å². The lowest BCUT2D eigenvalue weighted by Crippen LogP contribution is -2.36. The average Bonchev–Trinajstić information content (AvgIpc) is 2.46. The summed E-state index contributed by atoms with van der Waals surface area (Å²) in [6, 6.07) is 6.62. The van der Waals surface area contributed by atoms with E-state index in [0.717, 1.165) is 6.42 Å². The zero-order chi connectivity index (χ0) is 18.3. The van der Waals surface area contributed by atoms with E-state index in [0.29, 0.717) is 26.1 Å². The summed E-state index contributed by atoms with van der Waals surface area (Å²) in [7, 11) is 1.86. The smallest absolute Gasteiger partial charge is 0.234 e. The highest BCUT2D eigenvalue weighted by atomic mass is 16.2. The number of likely N-dealkylation sites (N-methyl/N-ethyl adjacent to an activating group) is 1. The van der Waals surface area contributed by atoms with Crippen LogP contribution >= 0.6 is 0 Å². The zero-order valence-electron chi connectivity index (χ0n) is 16.0. The largest absolute Gasteiger partial charge is 0.355 e. The van der Waals surface area contributed by atoms with E-state index in [4.69, 9.17) is 5.26 Å².